The molecular formula is C14H17ClN2S. The predicted octanol–water partition coefficient (Wildman–Crippen LogP) is 3.85. The van der Waals surface area contributed by atoms with E-state index < -0.39 is 0 Å². The van der Waals surface area contributed by atoms with Crippen molar-refractivity contribution in [3.8, 4) is 0 Å². The Labute approximate surface area is 117 Å². The van der Waals surface area contributed by atoms with Gasteiger partial charge in [0.15, 0.2) is 0 Å². The summed E-state index contributed by atoms with van der Waals surface area (Å²) >= 11 is 7.93. The Balaban J connectivity index is 2.10. The van der Waals surface area contributed by atoms with Crippen molar-refractivity contribution >= 4 is 22.9 Å². The number of thiophene rings is 1. The first kappa shape index (κ1) is 13.6. The Morgan fingerprint density at radius 3 is 2.83 bits per heavy atom. The van der Waals surface area contributed by atoms with Crippen molar-refractivity contribution in [3.63, 3.8) is 0 Å². The fourth-order valence-corrected chi connectivity index (χ4v) is 2.98. The van der Waals surface area contributed by atoms with Crippen LogP contribution in [-0.4, -0.2) is 0 Å². The maximum Gasteiger partial charge on any atom is 0.0466 e. The van der Waals surface area contributed by atoms with Crippen LogP contribution in [0.4, 0.5) is 0 Å². The fraction of sp³-hybridized carbons (Fsp3) is 0.286. The van der Waals surface area contributed by atoms with E-state index in [1.54, 1.807) is 11.3 Å². The third-order valence-electron chi connectivity index (χ3n) is 3.15. The van der Waals surface area contributed by atoms with Gasteiger partial charge in [0.1, 0.15) is 0 Å². The predicted molar refractivity (Wildman–Crippen MR) is 78.9 cm³/mol. The maximum atomic E-state index is 6.15. The van der Waals surface area contributed by atoms with Gasteiger partial charge in [-0.25, -0.2) is 0 Å². The van der Waals surface area contributed by atoms with E-state index in [1.165, 1.54) is 10.4 Å². The highest BCUT2D eigenvalue weighted by atomic mass is 35.5. The van der Waals surface area contributed by atoms with Crippen LogP contribution in [0.25, 0.3) is 0 Å². The van der Waals surface area contributed by atoms with Crippen molar-refractivity contribution in [1.29, 1.82) is 0 Å². The zero-order valence-corrected chi connectivity index (χ0v) is 11.9. The van der Waals surface area contributed by atoms with Crippen molar-refractivity contribution in [3.05, 3.63) is 56.7 Å². The number of benzene rings is 1. The molecule has 1 heterocycles. The fourth-order valence-electron chi connectivity index (χ4n) is 2.07. The van der Waals surface area contributed by atoms with Crippen LogP contribution < -0.4 is 11.3 Å². The Morgan fingerprint density at radius 1 is 1.33 bits per heavy atom. The van der Waals surface area contributed by atoms with E-state index in [0.29, 0.717) is 0 Å². The molecule has 4 heteroatoms. The second-order valence-corrected chi connectivity index (χ2v) is 5.73. The lowest BCUT2D eigenvalue weighted by atomic mass is 9.98. The minimum atomic E-state index is 0.144. The molecule has 96 valence electrons. The van der Waals surface area contributed by atoms with E-state index in [2.05, 4.69) is 29.0 Å². The molecule has 0 amide bonds. The summed E-state index contributed by atoms with van der Waals surface area (Å²) in [6, 6.07) is 10.3. The summed E-state index contributed by atoms with van der Waals surface area (Å²) in [7, 11) is 0. The van der Waals surface area contributed by atoms with Crippen LogP contribution in [0.3, 0.4) is 0 Å². The number of hydrogen-bond acceptors (Lipinski definition) is 3. The number of halogens is 1. The SMILES string of the molecule is Cc1c(Cl)cccc1C(CCc1cccs1)NN. The normalized spacial score (nSPS) is 12.6. The van der Waals surface area contributed by atoms with Gasteiger partial charge in [0.05, 0.1) is 0 Å². The Kier molecular flexibility index (Phi) is 4.78. The van der Waals surface area contributed by atoms with Crippen LogP contribution in [-0.2, 0) is 6.42 Å². The molecule has 0 saturated carbocycles. The molecule has 2 nitrogen and oxygen atoms in total. The van der Waals surface area contributed by atoms with E-state index in [9.17, 15) is 0 Å². The van der Waals surface area contributed by atoms with E-state index in [4.69, 9.17) is 17.4 Å². The number of hydrazine groups is 1. The van der Waals surface area contributed by atoms with Crippen molar-refractivity contribution in [2.75, 3.05) is 0 Å². The number of aryl methyl sites for hydroxylation is 1. The maximum absolute atomic E-state index is 6.15. The number of nitrogens with two attached hydrogens (primary N) is 1. The second kappa shape index (κ2) is 6.34. The highest BCUT2D eigenvalue weighted by molar-refractivity contribution is 7.09. The van der Waals surface area contributed by atoms with Crippen molar-refractivity contribution < 1.29 is 0 Å². The van der Waals surface area contributed by atoms with Gasteiger partial charge < -0.3 is 0 Å². The van der Waals surface area contributed by atoms with Gasteiger partial charge in [-0.1, -0.05) is 29.8 Å². The smallest absolute Gasteiger partial charge is 0.0466 e. The zero-order valence-electron chi connectivity index (χ0n) is 10.3. The summed E-state index contributed by atoms with van der Waals surface area (Å²) in [6.07, 6.45) is 2.00. The Morgan fingerprint density at radius 2 is 2.17 bits per heavy atom. The summed E-state index contributed by atoms with van der Waals surface area (Å²) in [5.74, 6) is 5.67. The van der Waals surface area contributed by atoms with Crippen molar-refractivity contribution in [2.24, 2.45) is 5.84 Å². The van der Waals surface area contributed by atoms with Gasteiger partial charge in [-0.3, -0.25) is 11.3 Å². The van der Waals surface area contributed by atoms with E-state index in [1.807, 2.05) is 19.1 Å². The van der Waals surface area contributed by atoms with Crippen LogP contribution in [0, 0.1) is 6.92 Å². The molecular weight excluding hydrogens is 264 g/mol. The highest BCUT2D eigenvalue weighted by Gasteiger charge is 2.13. The number of rotatable bonds is 5. The van der Waals surface area contributed by atoms with Crippen LogP contribution in [0.5, 0.6) is 0 Å². The van der Waals surface area contributed by atoms with Crippen molar-refractivity contribution in [2.45, 2.75) is 25.8 Å². The average Bonchev–Trinajstić information content (AvgIpc) is 2.88. The molecule has 2 aromatic rings. The van der Waals surface area contributed by atoms with Crippen molar-refractivity contribution in [1.82, 2.24) is 5.43 Å². The highest BCUT2D eigenvalue weighted by Crippen LogP contribution is 2.27. The number of hydrogen-bond donors (Lipinski definition) is 2. The molecule has 0 aliphatic heterocycles. The molecule has 0 aliphatic rings. The third kappa shape index (κ3) is 3.12. The molecule has 1 aromatic carbocycles. The van der Waals surface area contributed by atoms with E-state index in [-0.39, 0.29) is 6.04 Å². The Hall–Kier alpha value is -0.870. The first-order chi connectivity index (χ1) is 8.72. The molecule has 0 fully saturated rings. The molecule has 2 rings (SSSR count). The summed E-state index contributed by atoms with van der Waals surface area (Å²) in [5.41, 5.74) is 5.18. The van der Waals surface area contributed by atoms with Gasteiger partial charge in [0.2, 0.25) is 0 Å². The lowest BCUT2D eigenvalue weighted by molar-refractivity contribution is 0.516. The second-order valence-electron chi connectivity index (χ2n) is 4.29. The average molecular weight is 281 g/mol. The largest absolute Gasteiger partial charge is 0.271 e. The van der Waals surface area contributed by atoms with Gasteiger partial charge in [-0.2, -0.15) is 0 Å². The topological polar surface area (TPSA) is 38.0 Å². The standard InChI is InChI=1S/C14H17ClN2S/c1-10-12(5-2-6-13(10)15)14(17-16)8-7-11-4-3-9-18-11/h2-6,9,14,17H,7-8,16H2,1H3. The summed E-state index contributed by atoms with van der Waals surface area (Å²) in [4.78, 5) is 1.38. The van der Waals surface area contributed by atoms with Gasteiger partial charge in [-0.05, 0) is 48.4 Å². The Bertz CT molecular complexity index is 497. The molecule has 0 radical (unpaired) electrons. The molecule has 0 bridgehead atoms. The molecule has 18 heavy (non-hydrogen) atoms. The first-order valence-corrected chi connectivity index (χ1v) is 7.21. The summed E-state index contributed by atoms with van der Waals surface area (Å²) in [6.45, 7) is 2.03. The first-order valence-electron chi connectivity index (χ1n) is 5.96. The lowest BCUT2D eigenvalue weighted by Crippen LogP contribution is -2.29. The van der Waals surface area contributed by atoms with Crippen LogP contribution in [0.15, 0.2) is 35.7 Å². The van der Waals surface area contributed by atoms with Gasteiger partial charge in [0.25, 0.3) is 0 Å². The monoisotopic (exact) mass is 280 g/mol. The van der Waals surface area contributed by atoms with Gasteiger partial charge >= 0.3 is 0 Å². The van der Waals surface area contributed by atoms with Gasteiger partial charge in [-0.15, -0.1) is 11.3 Å². The van der Waals surface area contributed by atoms with Crippen LogP contribution in [0.2, 0.25) is 5.02 Å². The minimum Gasteiger partial charge on any atom is -0.271 e. The van der Waals surface area contributed by atoms with Crippen LogP contribution in [0.1, 0.15) is 28.5 Å². The van der Waals surface area contributed by atoms with Gasteiger partial charge in [0, 0.05) is 15.9 Å². The minimum absolute atomic E-state index is 0.144. The molecule has 0 saturated heterocycles. The molecule has 3 N–H and O–H groups in total. The quantitative estimate of drug-likeness (QED) is 0.645. The number of nitrogens with one attached hydrogen (secondary N) is 1. The molecule has 0 spiro atoms. The molecule has 0 aliphatic carbocycles. The van der Waals surface area contributed by atoms with E-state index in [0.717, 1.165) is 23.4 Å². The molecule has 1 unspecified atom stereocenters. The molecule has 1 aromatic heterocycles. The summed E-state index contributed by atoms with van der Waals surface area (Å²) < 4.78 is 0. The zero-order chi connectivity index (χ0) is 13.0. The third-order valence-corrected chi connectivity index (χ3v) is 4.49. The van der Waals surface area contributed by atoms with Crippen LogP contribution >= 0.6 is 22.9 Å². The summed E-state index contributed by atoms with van der Waals surface area (Å²) in [5, 5.41) is 2.90. The lowest BCUT2D eigenvalue weighted by Gasteiger charge is -2.18. The molecule has 1 atom stereocenters. The van der Waals surface area contributed by atoms with E-state index >= 15 is 0 Å².